The Labute approximate surface area is 209 Å². The van der Waals surface area contributed by atoms with Crippen LogP contribution in [0.4, 0.5) is 0 Å². The van der Waals surface area contributed by atoms with E-state index in [0.29, 0.717) is 0 Å². The van der Waals surface area contributed by atoms with Gasteiger partial charge in [0.25, 0.3) is 0 Å². The molecular formula is C34H18OS. The van der Waals surface area contributed by atoms with Crippen molar-refractivity contribution in [3.05, 3.63) is 109 Å². The van der Waals surface area contributed by atoms with Gasteiger partial charge in [-0.1, -0.05) is 97.1 Å². The van der Waals surface area contributed by atoms with Crippen molar-refractivity contribution in [1.82, 2.24) is 0 Å². The molecule has 0 saturated carbocycles. The van der Waals surface area contributed by atoms with Gasteiger partial charge in [0.05, 0.1) is 4.70 Å². The van der Waals surface area contributed by atoms with Crippen LogP contribution in [-0.2, 0) is 0 Å². The Morgan fingerprint density at radius 1 is 0.361 bits per heavy atom. The second-order valence-corrected chi connectivity index (χ2v) is 10.6. The Kier molecular flexibility index (Phi) is 3.47. The van der Waals surface area contributed by atoms with Crippen molar-refractivity contribution < 1.29 is 4.42 Å². The van der Waals surface area contributed by atoms with E-state index in [9.17, 15) is 0 Å². The molecule has 7 aromatic carbocycles. The molecule has 0 fully saturated rings. The van der Waals surface area contributed by atoms with E-state index in [4.69, 9.17) is 4.42 Å². The summed E-state index contributed by atoms with van der Waals surface area (Å²) in [6.07, 6.45) is 0. The highest BCUT2D eigenvalue weighted by Gasteiger charge is 2.21. The Morgan fingerprint density at radius 2 is 0.861 bits per heavy atom. The fourth-order valence-electron chi connectivity index (χ4n) is 6.36. The zero-order chi connectivity index (χ0) is 23.4. The topological polar surface area (TPSA) is 13.1 Å². The molecule has 0 aliphatic heterocycles. The summed E-state index contributed by atoms with van der Waals surface area (Å²) in [6, 6.07) is 39.6. The standard InChI is InChI=1S/C34H18OS/c1-3-12-22-19(9-1)20-10-2-4-13-23(20)31-29(22)24-14-5-6-15-25(24)30-27-18-17-26-21-11-7-8-16-28(21)35-32(26)33(27)36-34(30)31/h1-18H. The second kappa shape index (κ2) is 6.63. The summed E-state index contributed by atoms with van der Waals surface area (Å²) < 4.78 is 9.06. The maximum Gasteiger partial charge on any atom is 0.153 e. The van der Waals surface area contributed by atoms with Crippen molar-refractivity contribution in [3.8, 4) is 0 Å². The van der Waals surface area contributed by atoms with Gasteiger partial charge >= 0.3 is 0 Å². The lowest BCUT2D eigenvalue weighted by Crippen LogP contribution is -1.86. The van der Waals surface area contributed by atoms with Crippen molar-refractivity contribution in [2.24, 2.45) is 0 Å². The van der Waals surface area contributed by atoms with Crippen molar-refractivity contribution in [2.75, 3.05) is 0 Å². The number of hydrogen-bond acceptors (Lipinski definition) is 2. The van der Waals surface area contributed by atoms with Gasteiger partial charge in [-0.3, -0.25) is 0 Å². The summed E-state index contributed by atoms with van der Waals surface area (Å²) in [5, 5.41) is 15.5. The number of rotatable bonds is 0. The monoisotopic (exact) mass is 474 g/mol. The summed E-state index contributed by atoms with van der Waals surface area (Å²) >= 11 is 1.88. The van der Waals surface area contributed by atoms with Gasteiger partial charge in [-0.15, -0.1) is 11.3 Å². The molecule has 9 aromatic rings. The van der Waals surface area contributed by atoms with Crippen LogP contribution >= 0.6 is 11.3 Å². The fourth-order valence-corrected chi connectivity index (χ4v) is 7.72. The zero-order valence-electron chi connectivity index (χ0n) is 19.2. The zero-order valence-corrected chi connectivity index (χ0v) is 20.0. The van der Waals surface area contributed by atoms with Crippen molar-refractivity contribution in [2.45, 2.75) is 0 Å². The third-order valence-corrected chi connectivity index (χ3v) is 9.05. The van der Waals surface area contributed by atoms with E-state index < -0.39 is 0 Å². The molecule has 0 aliphatic rings. The Hall–Kier alpha value is -4.40. The molecule has 0 unspecified atom stereocenters. The Morgan fingerprint density at radius 3 is 1.56 bits per heavy atom. The molecule has 166 valence electrons. The molecule has 9 rings (SSSR count). The number of thiophene rings is 1. The lowest BCUT2D eigenvalue weighted by Gasteiger charge is -2.14. The first kappa shape index (κ1) is 18.9. The quantitative estimate of drug-likeness (QED) is 0.199. The van der Waals surface area contributed by atoms with Crippen LogP contribution in [0.1, 0.15) is 0 Å². The number of fused-ring (bicyclic) bond motifs is 17. The van der Waals surface area contributed by atoms with Crippen LogP contribution in [0.2, 0.25) is 0 Å². The van der Waals surface area contributed by atoms with Gasteiger partial charge in [-0.25, -0.2) is 0 Å². The third-order valence-electron chi connectivity index (χ3n) is 7.83. The molecular weight excluding hydrogens is 456 g/mol. The lowest BCUT2D eigenvalue weighted by atomic mass is 9.89. The van der Waals surface area contributed by atoms with E-state index in [1.54, 1.807) is 0 Å². The largest absolute Gasteiger partial charge is 0.455 e. The highest BCUT2D eigenvalue weighted by molar-refractivity contribution is 7.28. The summed E-state index contributed by atoms with van der Waals surface area (Å²) in [5.41, 5.74) is 1.95. The molecule has 1 nitrogen and oxygen atoms in total. The van der Waals surface area contributed by atoms with E-state index in [1.165, 1.54) is 74.0 Å². The molecule has 0 bridgehead atoms. The average molecular weight is 475 g/mol. The average Bonchev–Trinajstić information content (AvgIpc) is 3.52. The molecule has 2 heteroatoms. The number of hydrogen-bond donors (Lipinski definition) is 0. The summed E-state index contributed by atoms with van der Waals surface area (Å²) in [6.45, 7) is 0. The molecule has 2 heterocycles. The van der Waals surface area contributed by atoms with Gasteiger partial charge in [-0.2, -0.15) is 0 Å². The number of para-hydroxylation sites is 1. The van der Waals surface area contributed by atoms with Gasteiger partial charge in [0.1, 0.15) is 5.58 Å². The van der Waals surface area contributed by atoms with Crippen LogP contribution in [0.5, 0.6) is 0 Å². The molecule has 2 aromatic heterocycles. The van der Waals surface area contributed by atoms with E-state index >= 15 is 0 Å². The predicted octanol–water partition coefficient (Wildman–Crippen LogP) is 10.6. The predicted molar refractivity (Wildman–Crippen MR) is 157 cm³/mol. The first-order valence-corrected chi connectivity index (χ1v) is 13.1. The van der Waals surface area contributed by atoms with Gasteiger partial charge in [0, 0.05) is 31.6 Å². The first-order valence-electron chi connectivity index (χ1n) is 12.3. The van der Waals surface area contributed by atoms with Crippen LogP contribution in [0.15, 0.2) is 114 Å². The van der Waals surface area contributed by atoms with Gasteiger partial charge in [0.2, 0.25) is 0 Å². The molecule has 0 saturated heterocycles. The molecule has 0 atom stereocenters. The van der Waals surface area contributed by atoms with Gasteiger partial charge in [0.15, 0.2) is 5.58 Å². The third kappa shape index (κ3) is 2.21. The maximum absolute atomic E-state index is 6.49. The van der Waals surface area contributed by atoms with E-state index in [2.05, 4.69) is 103 Å². The van der Waals surface area contributed by atoms with Crippen LogP contribution < -0.4 is 0 Å². The highest BCUT2D eigenvalue weighted by atomic mass is 32.1. The number of furan rings is 1. The first-order chi connectivity index (χ1) is 17.9. The van der Waals surface area contributed by atoms with Crippen LogP contribution in [0, 0.1) is 0 Å². The molecule has 0 spiro atoms. The minimum absolute atomic E-state index is 0.948. The summed E-state index contributed by atoms with van der Waals surface area (Å²) in [7, 11) is 0. The fraction of sp³-hybridized carbons (Fsp3) is 0. The molecule has 0 radical (unpaired) electrons. The van der Waals surface area contributed by atoms with Crippen LogP contribution in [0.25, 0.3) is 85.2 Å². The van der Waals surface area contributed by atoms with Crippen LogP contribution in [0.3, 0.4) is 0 Å². The number of benzene rings is 7. The van der Waals surface area contributed by atoms with Crippen molar-refractivity contribution in [3.63, 3.8) is 0 Å². The Balaban J connectivity index is 1.66. The van der Waals surface area contributed by atoms with E-state index in [0.717, 1.165) is 11.2 Å². The van der Waals surface area contributed by atoms with Crippen molar-refractivity contribution >= 4 is 96.5 Å². The molecule has 36 heavy (non-hydrogen) atoms. The summed E-state index contributed by atoms with van der Waals surface area (Å²) in [4.78, 5) is 0. The smallest absolute Gasteiger partial charge is 0.153 e. The minimum atomic E-state index is 0.948. The maximum atomic E-state index is 6.49. The van der Waals surface area contributed by atoms with E-state index in [1.807, 2.05) is 17.4 Å². The molecule has 0 N–H and O–H groups in total. The van der Waals surface area contributed by atoms with Gasteiger partial charge < -0.3 is 4.42 Å². The van der Waals surface area contributed by atoms with Crippen LogP contribution in [-0.4, -0.2) is 0 Å². The van der Waals surface area contributed by atoms with Crippen molar-refractivity contribution in [1.29, 1.82) is 0 Å². The highest BCUT2D eigenvalue weighted by Crippen LogP contribution is 2.50. The normalized spacial score (nSPS) is 12.4. The Bertz CT molecular complexity index is 2370. The SMILES string of the molecule is c1ccc2c(c1)oc1c2ccc2c1sc1c2c2ccccc2c2c3ccccc3c3ccccc3c12. The lowest BCUT2D eigenvalue weighted by molar-refractivity contribution is 0.673. The minimum Gasteiger partial charge on any atom is -0.455 e. The molecule has 0 amide bonds. The second-order valence-electron chi connectivity index (χ2n) is 9.61. The van der Waals surface area contributed by atoms with E-state index in [-0.39, 0.29) is 0 Å². The summed E-state index contributed by atoms with van der Waals surface area (Å²) in [5.74, 6) is 0. The molecule has 0 aliphatic carbocycles. The van der Waals surface area contributed by atoms with Gasteiger partial charge in [-0.05, 0) is 49.8 Å².